The standard InChI is InChI=1S/C13H13ClN2OS/c1-8-4-5-10(6-9(8)2)17-12-7-11(14)15-13(16-12)18-3/h4-7H,1-3H3. The highest BCUT2D eigenvalue weighted by atomic mass is 35.5. The Bertz CT molecular complexity index is 575. The maximum absolute atomic E-state index is 5.91. The number of benzene rings is 1. The Labute approximate surface area is 116 Å². The van der Waals surface area contributed by atoms with Crippen molar-refractivity contribution < 1.29 is 4.74 Å². The lowest BCUT2D eigenvalue weighted by Crippen LogP contribution is -1.93. The topological polar surface area (TPSA) is 35.0 Å². The second-order valence-electron chi connectivity index (χ2n) is 3.86. The number of ether oxygens (including phenoxy) is 1. The fourth-order valence-electron chi connectivity index (χ4n) is 1.42. The monoisotopic (exact) mass is 280 g/mol. The molecule has 0 aliphatic carbocycles. The van der Waals surface area contributed by atoms with Crippen molar-refractivity contribution in [2.75, 3.05) is 6.26 Å². The Balaban J connectivity index is 2.27. The number of nitrogens with zero attached hydrogens (tertiary/aromatic N) is 2. The number of hydrogen-bond acceptors (Lipinski definition) is 4. The summed E-state index contributed by atoms with van der Waals surface area (Å²) in [5.41, 5.74) is 2.41. The van der Waals surface area contributed by atoms with Gasteiger partial charge in [0.25, 0.3) is 0 Å². The number of halogens is 1. The van der Waals surface area contributed by atoms with E-state index in [1.54, 1.807) is 6.07 Å². The van der Waals surface area contributed by atoms with E-state index < -0.39 is 0 Å². The smallest absolute Gasteiger partial charge is 0.224 e. The molecule has 94 valence electrons. The summed E-state index contributed by atoms with van der Waals surface area (Å²) in [6.07, 6.45) is 1.89. The molecule has 0 radical (unpaired) electrons. The van der Waals surface area contributed by atoms with Crippen molar-refractivity contribution in [2.24, 2.45) is 0 Å². The van der Waals surface area contributed by atoms with Crippen molar-refractivity contribution in [3.63, 3.8) is 0 Å². The second-order valence-corrected chi connectivity index (χ2v) is 5.02. The molecule has 18 heavy (non-hydrogen) atoms. The first-order valence-electron chi connectivity index (χ1n) is 5.42. The average molecular weight is 281 g/mol. The Hall–Kier alpha value is -1.26. The predicted molar refractivity (Wildman–Crippen MR) is 74.8 cm³/mol. The van der Waals surface area contributed by atoms with Crippen LogP contribution in [0.1, 0.15) is 11.1 Å². The normalized spacial score (nSPS) is 10.4. The molecule has 0 aliphatic rings. The summed E-state index contributed by atoms with van der Waals surface area (Å²) in [7, 11) is 0. The highest BCUT2D eigenvalue weighted by Gasteiger charge is 2.05. The molecule has 2 aromatic rings. The van der Waals surface area contributed by atoms with Crippen LogP contribution in [0.15, 0.2) is 29.4 Å². The lowest BCUT2D eigenvalue weighted by molar-refractivity contribution is 0.455. The SMILES string of the molecule is CSc1nc(Cl)cc(Oc2ccc(C)c(C)c2)n1. The number of aryl methyl sites for hydroxylation is 2. The van der Waals surface area contributed by atoms with Gasteiger partial charge < -0.3 is 4.74 Å². The van der Waals surface area contributed by atoms with Crippen LogP contribution < -0.4 is 4.74 Å². The van der Waals surface area contributed by atoms with E-state index >= 15 is 0 Å². The van der Waals surface area contributed by atoms with Gasteiger partial charge in [-0.05, 0) is 43.4 Å². The van der Waals surface area contributed by atoms with Gasteiger partial charge in [-0.2, -0.15) is 4.98 Å². The summed E-state index contributed by atoms with van der Waals surface area (Å²) in [6, 6.07) is 7.51. The molecular formula is C13H13ClN2OS. The van der Waals surface area contributed by atoms with E-state index in [0.717, 1.165) is 5.75 Å². The molecule has 3 nitrogen and oxygen atoms in total. The van der Waals surface area contributed by atoms with Crippen LogP contribution in [0, 0.1) is 13.8 Å². The van der Waals surface area contributed by atoms with Gasteiger partial charge in [-0.25, -0.2) is 4.98 Å². The lowest BCUT2D eigenvalue weighted by Gasteiger charge is -2.08. The molecule has 1 heterocycles. The average Bonchev–Trinajstić information content (AvgIpc) is 2.33. The zero-order valence-corrected chi connectivity index (χ0v) is 12.0. The Morgan fingerprint density at radius 3 is 2.56 bits per heavy atom. The molecule has 0 N–H and O–H groups in total. The van der Waals surface area contributed by atoms with Crippen molar-refractivity contribution in [1.82, 2.24) is 9.97 Å². The van der Waals surface area contributed by atoms with Gasteiger partial charge in [-0.3, -0.25) is 0 Å². The molecule has 1 aromatic carbocycles. The van der Waals surface area contributed by atoms with E-state index in [-0.39, 0.29) is 0 Å². The predicted octanol–water partition coefficient (Wildman–Crippen LogP) is 4.26. The van der Waals surface area contributed by atoms with E-state index in [9.17, 15) is 0 Å². The zero-order valence-electron chi connectivity index (χ0n) is 10.4. The van der Waals surface area contributed by atoms with E-state index in [0.29, 0.717) is 16.2 Å². The fourth-order valence-corrected chi connectivity index (χ4v) is 2.01. The number of rotatable bonds is 3. The van der Waals surface area contributed by atoms with Crippen LogP contribution in [-0.4, -0.2) is 16.2 Å². The van der Waals surface area contributed by atoms with E-state index in [1.165, 1.54) is 22.9 Å². The molecule has 0 fully saturated rings. The zero-order chi connectivity index (χ0) is 13.1. The lowest BCUT2D eigenvalue weighted by atomic mass is 10.1. The molecule has 0 saturated carbocycles. The van der Waals surface area contributed by atoms with E-state index in [4.69, 9.17) is 16.3 Å². The summed E-state index contributed by atoms with van der Waals surface area (Å²) in [6.45, 7) is 4.11. The molecule has 2 rings (SSSR count). The number of hydrogen-bond donors (Lipinski definition) is 0. The summed E-state index contributed by atoms with van der Waals surface area (Å²) >= 11 is 7.33. The van der Waals surface area contributed by atoms with Gasteiger partial charge in [0.1, 0.15) is 10.9 Å². The van der Waals surface area contributed by atoms with Crippen LogP contribution in [0.3, 0.4) is 0 Å². The molecule has 0 amide bonds. The molecule has 5 heteroatoms. The molecular weight excluding hydrogens is 268 g/mol. The van der Waals surface area contributed by atoms with Gasteiger partial charge in [0.2, 0.25) is 5.88 Å². The first-order chi connectivity index (χ1) is 8.58. The third-order valence-corrected chi connectivity index (χ3v) is 3.28. The van der Waals surface area contributed by atoms with Gasteiger partial charge >= 0.3 is 0 Å². The minimum absolute atomic E-state index is 0.383. The maximum atomic E-state index is 5.91. The minimum atomic E-state index is 0.383. The molecule has 0 atom stereocenters. The number of thioether (sulfide) groups is 1. The highest BCUT2D eigenvalue weighted by molar-refractivity contribution is 7.98. The Kier molecular flexibility index (Phi) is 4.09. The Morgan fingerprint density at radius 1 is 1.11 bits per heavy atom. The second kappa shape index (κ2) is 5.59. The van der Waals surface area contributed by atoms with Gasteiger partial charge in [0.05, 0.1) is 0 Å². The van der Waals surface area contributed by atoms with Crippen molar-refractivity contribution in [2.45, 2.75) is 19.0 Å². The van der Waals surface area contributed by atoms with Gasteiger partial charge in [0, 0.05) is 6.07 Å². The summed E-state index contributed by atoms with van der Waals surface area (Å²) in [5.74, 6) is 1.21. The third kappa shape index (κ3) is 3.15. The van der Waals surface area contributed by atoms with Crippen LogP contribution in [0.4, 0.5) is 0 Å². The molecule has 1 aromatic heterocycles. The van der Waals surface area contributed by atoms with Crippen LogP contribution in [-0.2, 0) is 0 Å². The Morgan fingerprint density at radius 2 is 1.89 bits per heavy atom. The third-order valence-electron chi connectivity index (χ3n) is 2.53. The first kappa shape index (κ1) is 13.2. The first-order valence-corrected chi connectivity index (χ1v) is 7.02. The van der Waals surface area contributed by atoms with Crippen molar-refractivity contribution in [1.29, 1.82) is 0 Å². The van der Waals surface area contributed by atoms with E-state index in [2.05, 4.69) is 16.9 Å². The highest BCUT2D eigenvalue weighted by Crippen LogP contribution is 2.25. The molecule has 0 aliphatic heterocycles. The maximum Gasteiger partial charge on any atom is 0.224 e. The van der Waals surface area contributed by atoms with Gasteiger partial charge in [-0.1, -0.05) is 29.4 Å². The summed E-state index contributed by atoms with van der Waals surface area (Å²) in [4.78, 5) is 8.31. The minimum Gasteiger partial charge on any atom is -0.439 e. The van der Waals surface area contributed by atoms with Crippen LogP contribution in [0.2, 0.25) is 5.15 Å². The van der Waals surface area contributed by atoms with Gasteiger partial charge in [-0.15, -0.1) is 0 Å². The van der Waals surface area contributed by atoms with Crippen LogP contribution in [0.25, 0.3) is 0 Å². The largest absolute Gasteiger partial charge is 0.439 e. The van der Waals surface area contributed by atoms with Crippen molar-refractivity contribution in [3.05, 3.63) is 40.5 Å². The molecule has 0 spiro atoms. The molecule has 0 unspecified atom stereocenters. The van der Waals surface area contributed by atoms with Crippen molar-refractivity contribution in [3.8, 4) is 11.6 Å². The van der Waals surface area contributed by atoms with E-state index in [1.807, 2.05) is 31.4 Å². The summed E-state index contributed by atoms with van der Waals surface area (Å²) in [5, 5.41) is 0.981. The molecule has 0 bridgehead atoms. The fraction of sp³-hybridized carbons (Fsp3) is 0.231. The van der Waals surface area contributed by atoms with Crippen LogP contribution >= 0.6 is 23.4 Å². The quantitative estimate of drug-likeness (QED) is 0.478. The van der Waals surface area contributed by atoms with Crippen LogP contribution in [0.5, 0.6) is 11.6 Å². The number of aromatic nitrogens is 2. The summed E-state index contributed by atoms with van der Waals surface area (Å²) < 4.78 is 5.69. The van der Waals surface area contributed by atoms with Crippen molar-refractivity contribution >= 4 is 23.4 Å². The molecule has 0 saturated heterocycles. The van der Waals surface area contributed by atoms with Gasteiger partial charge in [0.15, 0.2) is 5.16 Å².